The van der Waals surface area contributed by atoms with E-state index in [0.29, 0.717) is 25.3 Å². The number of para-hydroxylation sites is 2. The van der Waals surface area contributed by atoms with Crippen molar-refractivity contribution in [1.29, 1.82) is 0 Å². The van der Waals surface area contributed by atoms with Crippen molar-refractivity contribution in [1.82, 2.24) is 10.2 Å². The number of ether oxygens (including phenoxy) is 2. The number of benzene rings is 2. The summed E-state index contributed by atoms with van der Waals surface area (Å²) in [4.78, 5) is 14.0. The molecule has 0 saturated heterocycles. The zero-order chi connectivity index (χ0) is 18.5. The molecule has 1 aliphatic heterocycles. The van der Waals surface area contributed by atoms with Crippen molar-refractivity contribution in [3.05, 3.63) is 59.4 Å². The molecule has 26 heavy (non-hydrogen) atoms. The Balaban J connectivity index is 1.44. The van der Waals surface area contributed by atoms with Gasteiger partial charge >= 0.3 is 0 Å². The van der Waals surface area contributed by atoms with Gasteiger partial charge in [-0.15, -0.1) is 0 Å². The van der Waals surface area contributed by atoms with E-state index in [-0.39, 0.29) is 24.4 Å². The number of amides is 1. The molecule has 1 amide bonds. The molecule has 0 aromatic heterocycles. The smallest absolute Gasteiger partial charge is 0.234 e. The van der Waals surface area contributed by atoms with Gasteiger partial charge in [-0.2, -0.15) is 0 Å². The number of halogens is 1. The van der Waals surface area contributed by atoms with Crippen LogP contribution in [0, 0.1) is 12.7 Å². The minimum atomic E-state index is -0.240. The molecule has 0 saturated carbocycles. The molecular formula is C20H23FN2O3. The molecule has 1 heterocycles. The van der Waals surface area contributed by atoms with Crippen LogP contribution in [0.4, 0.5) is 4.39 Å². The van der Waals surface area contributed by atoms with Crippen LogP contribution in [0.15, 0.2) is 42.5 Å². The topological polar surface area (TPSA) is 50.8 Å². The molecule has 138 valence electrons. The normalized spacial score (nSPS) is 15.8. The lowest BCUT2D eigenvalue weighted by molar-refractivity contribution is -0.122. The summed E-state index contributed by atoms with van der Waals surface area (Å²) in [6.45, 7) is 3.37. The summed E-state index contributed by atoms with van der Waals surface area (Å²) >= 11 is 0. The predicted molar refractivity (Wildman–Crippen MR) is 96.8 cm³/mol. The molecule has 5 nitrogen and oxygen atoms in total. The number of carbonyl (C=O) groups excluding carboxylic acids is 1. The maximum Gasteiger partial charge on any atom is 0.234 e. The number of fused-ring (bicyclic) bond motifs is 1. The Kier molecular flexibility index (Phi) is 5.73. The highest BCUT2D eigenvalue weighted by atomic mass is 19.1. The third kappa shape index (κ3) is 4.73. The summed E-state index contributed by atoms with van der Waals surface area (Å²) in [5, 5.41) is 2.85. The molecule has 1 N–H and O–H groups in total. The van der Waals surface area contributed by atoms with E-state index in [1.165, 1.54) is 6.07 Å². The van der Waals surface area contributed by atoms with Crippen LogP contribution in [0.2, 0.25) is 0 Å². The summed E-state index contributed by atoms with van der Waals surface area (Å²) in [6, 6.07) is 12.4. The minimum Gasteiger partial charge on any atom is -0.486 e. The fourth-order valence-electron chi connectivity index (χ4n) is 2.88. The molecule has 0 radical (unpaired) electrons. The Morgan fingerprint density at radius 2 is 2.04 bits per heavy atom. The van der Waals surface area contributed by atoms with E-state index in [1.54, 1.807) is 19.1 Å². The number of aryl methyl sites for hydroxylation is 1. The van der Waals surface area contributed by atoms with Crippen LogP contribution in [0.25, 0.3) is 0 Å². The zero-order valence-electron chi connectivity index (χ0n) is 15.0. The average molecular weight is 358 g/mol. The van der Waals surface area contributed by atoms with Gasteiger partial charge < -0.3 is 14.8 Å². The van der Waals surface area contributed by atoms with Crippen LogP contribution < -0.4 is 14.8 Å². The summed E-state index contributed by atoms with van der Waals surface area (Å²) in [6.07, 6.45) is -0.123. The van der Waals surface area contributed by atoms with Crippen LogP contribution in [0.1, 0.15) is 11.1 Å². The molecule has 0 fully saturated rings. The number of hydrogen-bond acceptors (Lipinski definition) is 4. The second kappa shape index (κ2) is 8.19. The van der Waals surface area contributed by atoms with Crippen molar-refractivity contribution in [2.75, 3.05) is 26.7 Å². The summed E-state index contributed by atoms with van der Waals surface area (Å²) in [5.74, 6) is 1.15. The number of nitrogens with one attached hydrogen (secondary N) is 1. The molecular weight excluding hydrogens is 335 g/mol. The quantitative estimate of drug-likeness (QED) is 0.862. The maximum absolute atomic E-state index is 13.3. The molecule has 1 atom stereocenters. The first-order valence-electron chi connectivity index (χ1n) is 8.60. The Labute approximate surface area is 152 Å². The van der Waals surface area contributed by atoms with E-state index < -0.39 is 0 Å². The largest absolute Gasteiger partial charge is 0.486 e. The zero-order valence-corrected chi connectivity index (χ0v) is 15.0. The number of carbonyl (C=O) groups is 1. The Bertz CT molecular complexity index is 781. The van der Waals surface area contributed by atoms with Crippen LogP contribution in [0.5, 0.6) is 11.5 Å². The highest BCUT2D eigenvalue weighted by Gasteiger charge is 2.22. The molecule has 0 spiro atoms. The summed E-state index contributed by atoms with van der Waals surface area (Å²) in [7, 11) is 1.87. The van der Waals surface area contributed by atoms with Gasteiger partial charge in [0.2, 0.25) is 5.91 Å². The SMILES string of the molecule is Cc1cc(CNC(=O)CN(C)C[C@H]2COc3ccccc3O2)ccc1F. The van der Waals surface area contributed by atoms with Gasteiger partial charge in [0.25, 0.3) is 0 Å². The van der Waals surface area contributed by atoms with Gasteiger partial charge in [0, 0.05) is 13.1 Å². The standard InChI is InChI=1S/C20H23FN2O3/c1-14-9-15(7-8-17(14)21)10-22-20(24)12-23(2)11-16-13-25-18-5-3-4-6-19(18)26-16/h3-9,16H,10-13H2,1-2H3,(H,22,24)/t16-/m0/s1. The molecule has 2 aromatic rings. The second-order valence-electron chi connectivity index (χ2n) is 6.55. The van der Waals surface area contributed by atoms with Crippen LogP contribution in [-0.4, -0.2) is 43.7 Å². The molecule has 0 unspecified atom stereocenters. The van der Waals surface area contributed by atoms with Gasteiger partial charge in [0.05, 0.1) is 6.54 Å². The first kappa shape index (κ1) is 18.2. The highest BCUT2D eigenvalue weighted by molar-refractivity contribution is 5.77. The summed E-state index contributed by atoms with van der Waals surface area (Å²) < 4.78 is 24.9. The van der Waals surface area contributed by atoms with Gasteiger partial charge in [-0.1, -0.05) is 24.3 Å². The average Bonchev–Trinajstić information content (AvgIpc) is 2.62. The molecule has 3 rings (SSSR count). The van der Waals surface area contributed by atoms with E-state index >= 15 is 0 Å². The third-order valence-corrected chi connectivity index (χ3v) is 4.21. The van der Waals surface area contributed by atoms with Crippen LogP contribution in [0.3, 0.4) is 0 Å². The second-order valence-corrected chi connectivity index (χ2v) is 6.55. The van der Waals surface area contributed by atoms with E-state index in [1.807, 2.05) is 36.2 Å². The fraction of sp³-hybridized carbons (Fsp3) is 0.350. The van der Waals surface area contributed by atoms with E-state index in [4.69, 9.17) is 9.47 Å². The molecule has 0 aliphatic carbocycles. The fourth-order valence-corrected chi connectivity index (χ4v) is 2.88. The van der Waals surface area contributed by atoms with Crippen molar-refractivity contribution < 1.29 is 18.7 Å². The first-order chi connectivity index (χ1) is 12.5. The van der Waals surface area contributed by atoms with E-state index in [2.05, 4.69) is 5.32 Å². The Morgan fingerprint density at radius 3 is 2.81 bits per heavy atom. The lowest BCUT2D eigenvalue weighted by Gasteiger charge is -2.29. The number of nitrogens with zero attached hydrogens (tertiary/aromatic N) is 1. The molecule has 6 heteroatoms. The summed E-state index contributed by atoms with van der Waals surface area (Å²) in [5.41, 5.74) is 1.45. The van der Waals surface area contributed by atoms with Crippen LogP contribution >= 0.6 is 0 Å². The van der Waals surface area contributed by atoms with Gasteiger partial charge in [-0.25, -0.2) is 4.39 Å². The number of hydrogen-bond donors (Lipinski definition) is 1. The third-order valence-electron chi connectivity index (χ3n) is 4.21. The Morgan fingerprint density at radius 1 is 1.27 bits per heavy atom. The molecule has 2 aromatic carbocycles. The monoisotopic (exact) mass is 358 g/mol. The Hall–Kier alpha value is -2.60. The van der Waals surface area contributed by atoms with Gasteiger partial charge in [-0.3, -0.25) is 9.69 Å². The van der Waals surface area contributed by atoms with Crippen molar-refractivity contribution in [2.24, 2.45) is 0 Å². The number of rotatable bonds is 6. The van der Waals surface area contributed by atoms with Crippen molar-refractivity contribution in [3.63, 3.8) is 0 Å². The molecule has 1 aliphatic rings. The van der Waals surface area contributed by atoms with Crippen molar-refractivity contribution in [2.45, 2.75) is 19.6 Å². The first-order valence-corrected chi connectivity index (χ1v) is 8.60. The minimum absolute atomic E-state index is 0.0911. The predicted octanol–water partition coefficient (Wildman–Crippen LogP) is 2.52. The van der Waals surface area contributed by atoms with E-state index in [0.717, 1.165) is 17.1 Å². The van der Waals surface area contributed by atoms with Crippen molar-refractivity contribution >= 4 is 5.91 Å². The molecule has 0 bridgehead atoms. The van der Waals surface area contributed by atoms with Crippen molar-refractivity contribution in [3.8, 4) is 11.5 Å². The van der Waals surface area contributed by atoms with E-state index in [9.17, 15) is 9.18 Å². The van der Waals surface area contributed by atoms with Gasteiger partial charge in [-0.05, 0) is 43.3 Å². The number of likely N-dealkylation sites (N-methyl/N-ethyl adjacent to an activating group) is 1. The highest BCUT2D eigenvalue weighted by Crippen LogP contribution is 2.30. The van der Waals surface area contributed by atoms with Gasteiger partial charge in [0.15, 0.2) is 11.5 Å². The lowest BCUT2D eigenvalue weighted by atomic mass is 10.1. The van der Waals surface area contributed by atoms with Crippen LogP contribution in [-0.2, 0) is 11.3 Å². The maximum atomic E-state index is 13.3. The van der Waals surface area contributed by atoms with Gasteiger partial charge in [0.1, 0.15) is 18.5 Å². The lowest BCUT2D eigenvalue weighted by Crippen LogP contribution is -2.43.